The maximum atomic E-state index is 12.1. The maximum Gasteiger partial charge on any atom is 0.411 e. The van der Waals surface area contributed by atoms with Crippen LogP contribution in [0.3, 0.4) is 0 Å². The van der Waals surface area contributed by atoms with Gasteiger partial charge in [0.05, 0.1) is 24.3 Å². The van der Waals surface area contributed by atoms with Gasteiger partial charge in [-0.25, -0.2) is 4.79 Å². The summed E-state index contributed by atoms with van der Waals surface area (Å²) in [7, 11) is 8.12. The van der Waals surface area contributed by atoms with Crippen molar-refractivity contribution in [2.75, 3.05) is 14.2 Å². The molecule has 0 heterocycles. The van der Waals surface area contributed by atoms with E-state index in [2.05, 4.69) is 15.9 Å². The van der Waals surface area contributed by atoms with Crippen LogP contribution in [-0.2, 0) is 20.1 Å². The second-order valence-electron chi connectivity index (χ2n) is 6.93. The smallest absolute Gasteiger partial charge is 0.411 e. The molecule has 0 saturated carbocycles. The predicted octanol–water partition coefficient (Wildman–Crippen LogP) is 0.0170. The van der Waals surface area contributed by atoms with Crippen LogP contribution in [0.15, 0.2) is 16.6 Å². The molecule has 0 fully saturated rings. The molecular formula is C18H26BBrN2O9. The second-order valence-corrected chi connectivity index (χ2v) is 7.78. The molecule has 172 valence electrons. The number of amides is 1. The van der Waals surface area contributed by atoms with Crippen LogP contribution in [0, 0.1) is 5.92 Å². The fourth-order valence-corrected chi connectivity index (χ4v) is 2.78. The van der Waals surface area contributed by atoms with Crippen molar-refractivity contribution in [1.29, 1.82) is 0 Å². The number of hydrogen-bond acceptors (Lipinski definition) is 10. The largest absolute Gasteiger partial charge is 0.496 e. The Labute approximate surface area is 189 Å². The molecule has 1 amide bonds. The number of rotatable bonds is 9. The Morgan fingerprint density at radius 1 is 1.10 bits per heavy atom. The zero-order valence-electron chi connectivity index (χ0n) is 17.7. The Morgan fingerprint density at radius 3 is 2.13 bits per heavy atom. The Balaban J connectivity index is 3.00. The van der Waals surface area contributed by atoms with E-state index in [0.717, 1.165) is 6.07 Å². The van der Waals surface area contributed by atoms with Crippen LogP contribution < -0.4 is 20.5 Å². The lowest BCUT2D eigenvalue weighted by atomic mass is 9.79. The van der Waals surface area contributed by atoms with Gasteiger partial charge >= 0.3 is 12.1 Å². The summed E-state index contributed by atoms with van der Waals surface area (Å²) in [5.74, 6) is -4.25. The highest BCUT2D eigenvalue weighted by molar-refractivity contribution is 9.10. The lowest BCUT2D eigenvalue weighted by Gasteiger charge is -2.38. The summed E-state index contributed by atoms with van der Waals surface area (Å²) in [6.45, 7) is 4.62. The SMILES string of the molecule is [B]C(O)(NC(=O)OC(C)OC(=O)C(N)C(C)C)C(O)(O)c1cc(OC)c(Br)cc1OC. The Bertz CT molecular complexity index is 804. The van der Waals surface area contributed by atoms with Gasteiger partial charge in [0.2, 0.25) is 12.1 Å². The minimum absolute atomic E-state index is 0.0957. The first-order chi connectivity index (χ1) is 14.2. The van der Waals surface area contributed by atoms with E-state index in [4.69, 9.17) is 32.5 Å². The van der Waals surface area contributed by atoms with Gasteiger partial charge in [-0.3, -0.25) is 10.1 Å². The van der Waals surface area contributed by atoms with E-state index in [1.165, 1.54) is 27.2 Å². The summed E-state index contributed by atoms with van der Waals surface area (Å²) in [5.41, 5.74) is 2.04. The van der Waals surface area contributed by atoms with E-state index in [0.29, 0.717) is 4.47 Å². The van der Waals surface area contributed by atoms with Crippen LogP contribution >= 0.6 is 15.9 Å². The van der Waals surface area contributed by atoms with E-state index < -0.39 is 41.4 Å². The molecule has 13 heteroatoms. The number of nitrogens with two attached hydrogens (primary N) is 1. The van der Waals surface area contributed by atoms with Crippen molar-refractivity contribution < 1.29 is 43.9 Å². The molecule has 31 heavy (non-hydrogen) atoms. The van der Waals surface area contributed by atoms with Gasteiger partial charge < -0.3 is 40.0 Å². The summed E-state index contributed by atoms with van der Waals surface area (Å²) in [5, 5.41) is 33.2. The standard InChI is InChI=1S/C18H26BBrN2O9/c1-8(2)14(21)15(23)30-9(3)31-16(24)22-18(19,27)17(25,26)10-6-13(29-5)11(20)7-12(10)28-4/h6-9,14,25-27H,21H2,1-5H3,(H,22,24). The minimum Gasteiger partial charge on any atom is -0.496 e. The number of carbonyl (C=O) groups is 2. The van der Waals surface area contributed by atoms with Crippen molar-refractivity contribution in [2.24, 2.45) is 11.7 Å². The summed E-state index contributed by atoms with van der Waals surface area (Å²) in [4.78, 5) is 23.9. The molecule has 0 aromatic heterocycles. The highest BCUT2D eigenvalue weighted by Gasteiger charge is 2.49. The van der Waals surface area contributed by atoms with Crippen LogP contribution in [0.5, 0.6) is 11.5 Å². The average molecular weight is 505 g/mol. The Morgan fingerprint density at radius 2 is 1.65 bits per heavy atom. The molecule has 11 nitrogen and oxygen atoms in total. The van der Waals surface area contributed by atoms with Gasteiger partial charge in [-0.2, -0.15) is 0 Å². The number of carbonyl (C=O) groups excluding carboxylic acids is 2. The van der Waals surface area contributed by atoms with Crippen molar-refractivity contribution in [3.8, 4) is 11.5 Å². The molecule has 0 aliphatic rings. The number of hydrogen-bond donors (Lipinski definition) is 5. The Hall–Kier alpha value is -2.06. The fraction of sp³-hybridized carbons (Fsp3) is 0.556. The fourth-order valence-electron chi connectivity index (χ4n) is 2.30. The quantitative estimate of drug-likeness (QED) is 0.175. The lowest BCUT2D eigenvalue weighted by molar-refractivity contribution is -0.261. The summed E-state index contributed by atoms with van der Waals surface area (Å²) in [6.07, 6.45) is -2.83. The van der Waals surface area contributed by atoms with Crippen LogP contribution in [-0.4, -0.2) is 67.4 Å². The average Bonchev–Trinajstić information content (AvgIpc) is 2.65. The third kappa shape index (κ3) is 6.46. The number of methoxy groups -OCH3 is 2. The molecule has 1 aromatic rings. The predicted molar refractivity (Wildman–Crippen MR) is 112 cm³/mol. The van der Waals surface area contributed by atoms with Gasteiger partial charge in [-0.15, -0.1) is 0 Å². The number of ether oxygens (including phenoxy) is 4. The highest BCUT2D eigenvalue weighted by atomic mass is 79.9. The van der Waals surface area contributed by atoms with E-state index in [-0.39, 0.29) is 17.4 Å². The van der Waals surface area contributed by atoms with Crippen molar-refractivity contribution in [2.45, 2.75) is 44.5 Å². The summed E-state index contributed by atoms with van der Waals surface area (Å²) < 4.78 is 20.2. The van der Waals surface area contributed by atoms with E-state index in [1.54, 1.807) is 19.2 Å². The topological polar surface area (TPSA) is 170 Å². The molecule has 0 aliphatic heterocycles. The molecule has 0 saturated heterocycles. The number of benzene rings is 1. The van der Waals surface area contributed by atoms with Crippen molar-refractivity contribution >= 4 is 35.8 Å². The zero-order chi connectivity index (χ0) is 24.1. The number of aliphatic hydroxyl groups is 3. The number of alkyl carbamates (subject to hydrolysis) is 1. The summed E-state index contributed by atoms with van der Waals surface area (Å²) in [6, 6.07) is 1.53. The molecule has 1 rings (SSSR count). The molecule has 0 bridgehead atoms. The number of nitrogens with one attached hydrogen (secondary N) is 1. The lowest BCUT2D eigenvalue weighted by Crippen LogP contribution is -2.63. The molecule has 0 spiro atoms. The first-order valence-corrected chi connectivity index (χ1v) is 9.80. The first-order valence-electron chi connectivity index (χ1n) is 9.00. The molecule has 2 radical (unpaired) electrons. The molecule has 0 aliphatic carbocycles. The molecule has 3 atom stereocenters. The second kappa shape index (κ2) is 10.5. The van der Waals surface area contributed by atoms with E-state index >= 15 is 0 Å². The third-order valence-electron chi connectivity index (χ3n) is 4.22. The van der Waals surface area contributed by atoms with Crippen molar-refractivity contribution in [3.05, 3.63) is 22.2 Å². The van der Waals surface area contributed by atoms with Gasteiger partial charge in [0, 0.05) is 6.92 Å². The number of esters is 1. The van der Waals surface area contributed by atoms with Gasteiger partial charge in [0.25, 0.3) is 0 Å². The molecule has 6 N–H and O–H groups in total. The van der Waals surface area contributed by atoms with Crippen LogP contribution in [0.4, 0.5) is 4.79 Å². The molecule has 1 aromatic carbocycles. The summed E-state index contributed by atoms with van der Waals surface area (Å²) >= 11 is 3.20. The first kappa shape index (κ1) is 27.0. The van der Waals surface area contributed by atoms with Gasteiger partial charge in [-0.05, 0) is 34.0 Å². The van der Waals surface area contributed by atoms with Crippen molar-refractivity contribution in [1.82, 2.24) is 5.32 Å². The molecule has 3 unspecified atom stereocenters. The van der Waals surface area contributed by atoms with Gasteiger partial charge in [0.15, 0.2) is 7.85 Å². The van der Waals surface area contributed by atoms with Crippen LogP contribution in [0.25, 0.3) is 0 Å². The monoisotopic (exact) mass is 504 g/mol. The van der Waals surface area contributed by atoms with Crippen LogP contribution in [0.1, 0.15) is 26.3 Å². The van der Waals surface area contributed by atoms with Gasteiger partial charge in [0.1, 0.15) is 23.2 Å². The van der Waals surface area contributed by atoms with E-state index in [9.17, 15) is 24.9 Å². The number of halogens is 1. The van der Waals surface area contributed by atoms with E-state index in [1.807, 2.05) is 0 Å². The Kier molecular flexibility index (Phi) is 9.14. The van der Waals surface area contributed by atoms with Crippen LogP contribution in [0.2, 0.25) is 0 Å². The minimum atomic E-state index is -3.27. The molecular weight excluding hydrogens is 479 g/mol. The third-order valence-corrected chi connectivity index (χ3v) is 4.84. The zero-order valence-corrected chi connectivity index (χ0v) is 19.3. The maximum absolute atomic E-state index is 12.1. The van der Waals surface area contributed by atoms with Gasteiger partial charge in [-0.1, -0.05) is 13.8 Å². The van der Waals surface area contributed by atoms with Crippen molar-refractivity contribution in [3.63, 3.8) is 0 Å². The normalized spacial score (nSPS) is 15.5. The highest BCUT2D eigenvalue weighted by Crippen LogP contribution is 2.40.